The van der Waals surface area contributed by atoms with Gasteiger partial charge in [-0.1, -0.05) is 0 Å². The highest BCUT2D eigenvalue weighted by Gasteiger charge is 2.20. The van der Waals surface area contributed by atoms with Crippen LogP contribution in [0, 0.1) is 21.4 Å². The second-order valence-corrected chi connectivity index (χ2v) is 6.76. The molecule has 10 nitrogen and oxygen atoms in total. The van der Waals surface area contributed by atoms with Gasteiger partial charge in [-0.15, -0.1) is 0 Å². The fraction of sp³-hybridized carbons (Fsp3) is 0.125. The molecule has 1 amide bonds. The van der Waals surface area contributed by atoms with E-state index in [0.29, 0.717) is 17.0 Å². The monoisotopic (exact) mass is 461 g/mol. The molecule has 0 unspecified atom stereocenters. The number of rotatable bonds is 8. The number of carbonyl (C=O) groups excluding carboxylic acids is 2. The van der Waals surface area contributed by atoms with Crippen molar-refractivity contribution in [2.24, 2.45) is 0 Å². The first-order chi connectivity index (χ1) is 16.4. The summed E-state index contributed by atoms with van der Waals surface area (Å²) in [6.45, 7) is 1.94. The summed E-state index contributed by atoms with van der Waals surface area (Å²) in [5.41, 5.74) is 0.447. The van der Waals surface area contributed by atoms with Gasteiger partial charge in [0.15, 0.2) is 0 Å². The summed E-state index contributed by atoms with van der Waals surface area (Å²) in [6, 6.07) is 15.1. The van der Waals surface area contributed by atoms with Crippen LogP contribution >= 0.6 is 0 Å². The minimum Gasteiger partial charge on any atom is -0.497 e. The number of amides is 1. The van der Waals surface area contributed by atoms with Crippen molar-refractivity contribution in [1.82, 2.24) is 0 Å². The number of esters is 1. The first-order valence-corrected chi connectivity index (χ1v) is 9.99. The Hall–Kier alpha value is -4.91. The summed E-state index contributed by atoms with van der Waals surface area (Å²) in [7, 11) is 1.40. The molecule has 0 atom stereocenters. The number of nitrogens with one attached hydrogen (secondary N) is 1. The van der Waals surface area contributed by atoms with E-state index in [0.717, 1.165) is 0 Å². The summed E-state index contributed by atoms with van der Waals surface area (Å²) in [5, 5.41) is 23.4. The molecule has 10 heteroatoms. The van der Waals surface area contributed by atoms with Crippen molar-refractivity contribution in [3.8, 4) is 23.1 Å². The fourth-order valence-corrected chi connectivity index (χ4v) is 2.97. The number of anilines is 1. The van der Waals surface area contributed by atoms with E-state index in [1.54, 1.807) is 19.1 Å². The fourth-order valence-electron chi connectivity index (χ4n) is 2.97. The average molecular weight is 461 g/mol. The number of nitrogens with zero attached hydrogens (tertiary/aromatic N) is 2. The second kappa shape index (κ2) is 10.6. The van der Waals surface area contributed by atoms with Crippen LogP contribution in [0.4, 0.5) is 11.4 Å². The third-order valence-electron chi connectivity index (χ3n) is 4.60. The van der Waals surface area contributed by atoms with Gasteiger partial charge in [0.2, 0.25) is 0 Å². The molecule has 0 saturated heterocycles. The van der Waals surface area contributed by atoms with E-state index in [9.17, 15) is 25.0 Å². The quantitative estimate of drug-likeness (QED) is 0.169. The van der Waals surface area contributed by atoms with Gasteiger partial charge < -0.3 is 19.2 Å². The number of furan rings is 1. The van der Waals surface area contributed by atoms with Crippen LogP contribution in [0.15, 0.2) is 64.6 Å². The predicted octanol–water partition coefficient (Wildman–Crippen LogP) is 4.59. The molecule has 1 N–H and O–H groups in total. The Labute approximate surface area is 194 Å². The number of nitro benzene ring substituents is 1. The molecule has 0 aliphatic carbocycles. The topological polar surface area (TPSA) is 145 Å². The van der Waals surface area contributed by atoms with E-state index in [1.165, 1.54) is 61.7 Å². The molecule has 3 rings (SSSR count). The average Bonchev–Trinajstić information content (AvgIpc) is 3.31. The van der Waals surface area contributed by atoms with E-state index in [1.807, 2.05) is 0 Å². The first-order valence-electron chi connectivity index (χ1n) is 9.99. The van der Waals surface area contributed by atoms with Gasteiger partial charge in [0.05, 0.1) is 35.8 Å². The van der Waals surface area contributed by atoms with Crippen LogP contribution in [-0.2, 0) is 9.53 Å². The van der Waals surface area contributed by atoms with Gasteiger partial charge in [0.1, 0.15) is 28.9 Å². The van der Waals surface area contributed by atoms with E-state index >= 15 is 0 Å². The molecule has 0 radical (unpaired) electrons. The smallest absolute Gasteiger partial charge is 0.338 e. The van der Waals surface area contributed by atoms with Crippen molar-refractivity contribution in [3.05, 3.63) is 81.6 Å². The van der Waals surface area contributed by atoms with Gasteiger partial charge in [-0.3, -0.25) is 14.9 Å². The Bertz CT molecular complexity index is 1300. The zero-order valence-electron chi connectivity index (χ0n) is 18.2. The third kappa shape index (κ3) is 5.46. The lowest BCUT2D eigenvalue weighted by Crippen LogP contribution is -2.13. The minimum absolute atomic E-state index is 0.157. The van der Waals surface area contributed by atoms with Crippen LogP contribution < -0.4 is 10.1 Å². The normalized spacial score (nSPS) is 10.8. The van der Waals surface area contributed by atoms with Gasteiger partial charge >= 0.3 is 5.97 Å². The van der Waals surface area contributed by atoms with Crippen LogP contribution in [0.1, 0.15) is 23.0 Å². The molecule has 0 bridgehead atoms. The summed E-state index contributed by atoms with van der Waals surface area (Å²) in [4.78, 5) is 35.1. The maximum atomic E-state index is 12.5. The second-order valence-electron chi connectivity index (χ2n) is 6.76. The van der Waals surface area contributed by atoms with Crippen molar-refractivity contribution in [2.75, 3.05) is 19.0 Å². The van der Waals surface area contributed by atoms with Crippen molar-refractivity contribution >= 4 is 29.3 Å². The lowest BCUT2D eigenvalue weighted by atomic mass is 10.1. The molecule has 2 aromatic carbocycles. The lowest BCUT2D eigenvalue weighted by molar-refractivity contribution is -0.384. The predicted molar refractivity (Wildman–Crippen MR) is 122 cm³/mol. The van der Waals surface area contributed by atoms with E-state index in [4.69, 9.17) is 13.9 Å². The standard InChI is InChI=1S/C24H19N3O7/c1-3-33-24(29)15-4-6-17(7-5-15)26-23(28)16(14-25)12-19-9-11-22(34-19)20-10-8-18(32-2)13-21(20)27(30)31/h4-13H,3H2,1-2H3,(H,26,28)/b16-12+. The third-order valence-corrected chi connectivity index (χ3v) is 4.60. The lowest BCUT2D eigenvalue weighted by Gasteiger charge is -2.06. The summed E-state index contributed by atoms with van der Waals surface area (Å²) < 4.78 is 15.6. The zero-order valence-corrected chi connectivity index (χ0v) is 18.2. The zero-order chi connectivity index (χ0) is 24.7. The van der Waals surface area contributed by atoms with Crippen molar-refractivity contribution in [3.63, 3.8) is 0 Å². The highest BCUT2D eigenvalue weighted by Crippen LogP contribution is 2.34. The van der Waals surface area contributed by atoms with Gasteiger partial charge in [0, 0.05) is 11.8 Å². The molecule has 0 aliphatic rings. The number of nitriles is 1. The molecule has 1 heterocycles. The van der Waals surface area contributed by atoms with E-state index in [-0.39, 0.29) is 35.0 Å². The van der Waals surface area contributed by atoms with Gasteiger partial charge in [-0.25, -0.2) is 4.79 Å². The highest BCUT2D eigenvalue weighted by atomic mass is 16.6. The number of benzene rings is 2. The number of carbonyl (C=O) groups is 2. The van der Waals surface area contributed by atoms with Crippen LogP contribution in [0.3, 0.4) is 0 Å². The Morgan fingerprint density at radius 1 is 1.18 bits per heavy atom. The van der Waals surface area contributed by atoms with Crippen LogP contribution in [0.5, 0.6) is 5.75 Å². The molecule has 0 spiro atoms. The molecule has 172 valence electrons. The summed E-state index contributed by atoms with van der Waals surface area (Å²) in [5.74, 6) is -0.512. The Kier molecular flexibility index (Phi) is 7.41. The van der Waals surface area contributed by atoms with Crippen molar-refractivity contribution < 1.29 is 28.4 Å². The molecule has 34 heavy (non-hydrogen) atoms. The largest absolute Gasteiger partial charge is 0.497 e. The van der Waals surface area contributed by atoms with Gasteiger partial charge in [0.25, 0.3) is 11.6 Å². The molecular weight excluding hydrogens is 442 g/mol. The van der Waals surface area contributed by atoms with Crippen LogP contribution in [0.25, 0.3) is 17.4 Å². The Balaban J connectivity index is 1.79. The summed E-state index contributed by atoms with van der Waals surface area (Å²) in [6.07, 6.45) is 1.22. The number of nitro groups is 1. The molecule has 1 aromatic heterocycles. The van der Waals surface area contributed by atoms with Crippen LogP contribution in [0.2, 0.25) is 0 Å². The number of hydrogen-bond acceptors (Lipinski definition) is 8. The molecule has 3 aromatic rings. The van der Waals surface area contributed by atoms with Gasteiger partial charge in [-0.05, 0) is 55.5 Å². The SMILES string of the molecule is CCOC(=O)c1ccc(NC(=O)/C(C#N)=C/c2ccc(-c3ccc(OC)cc3[N+](=O)[O-])o2)cc1. The highest BCUT2D eigenvalue weighted by molar-refractivity contribution is 6.09. The number of ether oxygens (including phenoxy) is 2. The maximum Gasteiger partial charge on any atom is 0.338 e. The molecule has 0 saturated carbocycles. The van der Waals surface area contributed by atoms with Crippen molar-refractivity contribution in [2.45, 2.75) is 6.92 Å². The van der Waals surface area contributed by atoms with E-state index < -0.39 is 16.8 Å². The summed E-state index contributed by atoms with van der Waals surface area (Å²) >= 11 is 0. The Morgan fingerprint density at radius 3 is 2.53 bits per heavy atom. The van der Waals surface area contributed by atoms with Gasteiger partial charge in [-0.2, -0.15) is 5.26 Å². The number of hydrogen-bond donors (Lipinski definition) is 1. The van der Waals surface area contributed by atoms with Crippen molar-refractivity contribution in [1.29, 1.82) is 5.26 Å². The Morgan fingerprint density at radius 2 is 1.91 bits per heavy atom. The molecule has 0 fully saturated rings. The maximum absolute atomic E-state index is 12.5. The molecule has 0 aliphatic heterocycles. The number of methoxy groups -OCH3 is 1. The van der Waals surface area contributed by atoms with Crippen LogP contribution in [-0.4, -0.2) is 30.5 Å². The minimum atomic E-state index is -0.695. The first kappa shape index (κ1) is 23.7. The van der Waals surface area contributed by atoms with E-state index in [2.05, 4.69) is 5.32 Å². The molecular formula is C24H19N3O7.